The van der Waals surface area contributed by atoms with Crippen LogP contribution in [0.25, 0.3) is 0 Å². The maximum absolute atomic E-state index is 12.7. The van der Waals surface area contributed by atoms with Gasteiger partial charge < -0.3 is 10.2 Å². The van der Waals surface area contributed by atoms with Gasteiger partial charge in [0.2, 0.25) is 5.91 Å². The monoisotopic (exact) mass is 310 g/mol. The van der Waals surface area contributed by atoms with Crippen molar-refractivity contribution in [1.29, 1.82) is 0 Å². The Bertz CT molecular complexity index is 701. The van der Waals surface area contributed by atoms with Crippen LogP contribution in [0.5, 0.6) is 0 Å². The molecule has 0 radical (unpaired) electrons. The van der Waals surface area contributed by atoms with Crippen molar-refractivity contribution >= 4 is 17.4 Å². The molecule has 1 N–H and O–H groups in total. The van der Waals surface area contributed by atoms with Crippen molar-refractivity contribution in [3.05, 3.63) is 47.9 Å². The van der Waals surface area contributed by atoms with Crippen LogP contribution in [0.4, 0.5) is 11.5 Å². The minimum Gasteiger partial charge on any atom is -0.356 e. The normalized spacial score (nSPS) is 20.6. The van der Waals surface area contributed by atoms with Crippen LogP contribution in [0.1, 0.15) is 18.3 Å². The van der Waals surface area contributed by atoms with E-state index in [1.807, 2.05) is 44.2 Å². The second-order valence-corrected chi connectivity index (χ2v) is 6.25. The van der Waals surface area contributed by atoms with Crippen LogP contribution in [0.3, 0.4) is 0 Å². The molecular weight excluding hydrogens is 288 g/mol. The number of anilines is 2. The topological polar surface area (TPSA) is 58.1 Å². The Morgan fingerprint density at radius 2 is 2.04 bits per heavy atom. The highest BCUT2D eigenvalue weighted by atomic mass is 16.2. The largest absolute Gasteiger partial charge is 0.356 e. The second kappa shape index (κ2) is 6.36. The van der Waals surface area contributed by atoms with Gasteiger partial charge >= 0.3 is 0 Å². The van der Waals surface area contributed by atoms with E-state index < -0.39 is 0 Å². The molecule has 120 valence electrons. The molecule has 0 aliphatic carbocycles. The van der Waals surface area contributed by atoms with Gasteiger partial charge in [-0.2, -0.15) is 0 Å². The molecule has 0 saturated carbocycles. The first kappa shape index (κ1) is 15.5. The third-order valence-electron chi connectivity index (χ3n) is 4.41. The van der Waals surface area contributed by atoms with Crippen LogP contribution in [0, 0.1) is 25.7 Å². The molecule has 0 aromatic carbocycles. The van der Waals surface area contributed by atoms with Gasteiger partial charge in [-0.25, -0.2) is 4.98 Å². The molecule has 2 atom stereocenters. The second-order valence-electron chi connectivity index (χ2n) is 6.25. The minimum atomic E-state index is -0.0438. The summed E-state index contributed by atoms with van der Waals surface area (Å²) in [6.07, 6.45) is 1.79. The highest BCUT2D eigenvalue weighted by Crippen LogP contribution is 2.28. The molecule has 1 amide bonds. The summed E-state index contributed by atoms with van der Waals surface area (Å²) in [5.41, 5.74) is 2.60. The summed E-state index contributed by atoms with van der Waals surface area (Å²) >= 11 is 0. The number of aromatic nitrogens is 2. The number of carbonyl (C=O) groups is 1. The summed E-state index contributed by atoms with van der Waals surface area (Å²) in [5, 5.41) is 3.03. The van der Waals surface area contributed by atoms with E-state index in [9.17, 15) is 4.79 Å². The quantitative estimate of drug-likeness (QED) is 0.947. The fraction of sp³-hybridized carbons (Fsp3) is 0.389. The van der Waals surface area contributed by atoms with Gasteiger partial charge in [0.15, 0.2) is 0 Å². The summed E-state index contributed by atoms with van der Waals surface area (Å²) < 4.78 is 0. The van der Waals surface area contributed by atoms with E-state index >= 15 is 0 Å². The SMILES string of the molecule is Cc1ccc(NC(=O)[C@@H]2CN(c3ccccn3)C[C@H]2C)c(C)n1. The number of nitrogens with one attached hydrogen (secondary N) is 1. The zero-order valence-electron chi connectivity index (χ0n) is 13.8. The highest BCUT2D eigenvalue weighted by molar-refractivity contribution is 5.94. The van der Waals surface area contributed by atoms with Crippen LogP contribution in [0.15, 0.2) is 36.5 Å². The number of pyridine rings is 2. The number of rotatable bonds is 3. The zero-order valence-corrected chi connectivity index (χ0v) is 13.8. The third kappa shape index (κ3) is 3.33. The molecule has 1 aliphatic heterocycles. The Kier molecular flexibility index (Phi) is 4.28. The Hall–Kier alpha value is -2.43. The minimum absolute atomic E-state index is 0.0438. The molecule has 1 saturated heterocycles. The number of carbonyl (C=O) groups excluding carboxylic acids is 1. The average molecular weight is 310 g/mol. The number of nitrogens with zero attached hydrogens (tertiary/aromatic N) is 3. The lowest BCUT2D eigenvalue weighted by molar-refractivity contribution is -0.120. The number of hydrogen-bond acceptors (Lipinski definition) is 4. The van der Waals surface area contributed by atoms with Gasteiger partial charge in [-0.3, -0.25) is 9.78 Å². The standard InChI is InChI=1S/C18H22N4O/c1-12-10-22(17-6-4-5-9-19-17)11-15(12)18(23)21-16-8-7-13(2)20-14(16)3/h4-9,12,15H,10-11H2,1-3H3,(H,21,23)/t12-,15-/m1/s1. The van der Waals surface area contributed by atoms with E-state index in [0.29, 0.717) is 6.54 Å². The molecule has 3 rings (SSSR count). The summed E-state index contributed by atoms with van der Waals surface area (Å²) in [5.74, 6) is 1.24. The zero-order chi connectivity index (χ0) is 16.4. The predicted molar refractivity (Wildman–Crippen MR) is 91.4 cm³/mol. The molecule has 0 bridgehead atoms. The number of hydrogen-bond donors (Lipinski definition) is 1. The van der Waals surface area contributed by atoms with Crippen molar-refractivity contribution in [2.45, 2.75) is 20.8 Å². The van der Waals surface area contributed by atoms with E-state index in [0.717, 1.165) is 29.4 Å². The maximum atomic E-state index is 12.7. The fourth-order valence-electron chi connectivity index (χ4n) is 3.08. The summed E-state index contributed by atoms with van der Waals surface area (Å²) in [7, 11) is 0. The molecule has 5 heteroatoms. The maximum Gasteiger partial charge on any atom is 0.229 e. The van der Waals surface area contributed by atoms with E-state index in [2.05, 4.69) is 27.1 Å². The average Bonchev–Trinajstić information content (AvgIpc) is 2.93. The van der Waals surface area contributed by atoms with Crippen molar-refractivity contribution in [3.8, 4) is 0 Å². The fourth-order valence-corrected chi connectivity index (χ4v) is 3.08. The molecule has 23 heavy (non-hydrogen) atoms. The van der Waals surface area contributed by atoms with Gasteiger partial charge in [-0.05, 0) is 44.0 Å². The van der Waals surface area contributed by atoms with Crippen molar-refractivity contribution in [2.75, 3.05) is 23.3 Å². The van der Waals surface area contributed by atoms with Crippen LogP contribution in [0.2, 0.25) is 0 Å². The molecule has 0 unspecified atom stereocenters. The molecule has 2 aromatic rings. The third-order valence-corrected chi connectivity index (χ3v) is 4.41. The van der Waals surface area contributed by atoms with Gasteiger partial charge in [0.1, 0.15) is 5.82 Å². The smallest absolute Gasteiger partial charge is 0.229 e. The van der Waals surface area contributed by atoms with Gasteiger partial charge in [0.05, 0.1) is 17.3 Å². The molecule has 2 aromatic heterocycles. The first-order chi connectivity index (χ1) is 11.0. The lowest BCUT2D eigenvalue weighted by Gasteiger charge is -2.17. The summed E-state index contributed by atoms with van der Waals surface area (Å²) in [6.45, 7) is 7.53. The van der Waals surface area contributed by atoms with Gasteiger partial charge in [-0.1, -0.05) is 13.0 Å². The van der Waals surface area contributed by atoms with E-state index in [4.69, 9.17) is 0 Å². The first-order valence-corrected chi connectivity index (χ1v) is 7.95. The Morgan fingerprint density at radius 3 is 2.74 bits per heavy atom. The molecule has 1 fully saturated rings. The van der Waals surface area contributed by atoms with E-state index in [-0.39, 0.29) is 17.7 Å². The molecular formula is C18H22N4O. The van der Waals surface area contributed by atoms with Crippen molar-refractivity contribution in [2.24, 2.45) is 11.8 Å². The Labute approximate surface area is 136 Å². The molecule has 5 nitrogen and oxygen atoms in total. The van der Waals surface area contributed by atoms with Crippen molar-refractivity contribution in [3.63, 3.8) is 0 Å². The highest BCUT2D eigenvalue weighted by Gasteiger charge is 2.35. The Balaban J connectivity index is 1.70. The van der Waals surface area contributed by atoms with Crippen LogP contribution in [-0.4, -0.2) is 29.0 Å². The van der Waals surface area contributed by atoms with Crippen LogP contribution in [-0.2, 0) is 4.79 Å². The van der Waals surface area contributed by atoms with Crippen LogP contribution >= 0.6 is 0 Å². The lowest BCUT2D eigenvalue weighted by atomic mass is 9.97. The molecule has 3 heterocycles. The summed E-state index contributed by atoms with van der Waals surface area (Å²) in [4.78, 5) is 23.6. The van der Waals surface area contributed by atoms with E-state index in [1.165, 1.54) is 0 Å². The molecule has 0 spiro atoms. The van der Waals surface area contributed by atoms with Crippen molar-refractivity contribution < 1.29 is 4.79 Å². The van der Waals surface area contributed by atoms with Gasteiger partial charge in [-0.15, -0.1) is 0 Å². The number of aryl methyl sites for hydroxylation is 2. The van der Waals surface area contributed by atoms with Crippen LogP contribution < -0.4 is 10.2 Å². The molecule has 1 aliphatic rings. The van der Waals surface area contributed by atoms with Gasteiger partial charge in [0, 0.05) is 25.0 Å². The van der Waals surface area contributed by atoms with E-state index in [1.54, 1.807) is 6.20 Å². The first-order valence-electron chi connectivity index (χ1n) is 7.95. The number of amides is 1. The predicted octanol–water partition coefficient (Wildman–Crippen LogP) is 2.80. The van der Waals surface area contributed by atoms with Gasteiger partial charge in [0.25, 0.3) is 0 Å². The van der Waals surface area contributed by atoms with Crippen molar-refractivity contribution in [1.82, 2.24) is 9.97 Å². The lowest BCUT2D eigenvalue weighted by Crippen LogP contribution is -2.29. The Morgan fingerprint density at radius 1 is 1.22 bits per heavy atom. The summed E-state index contributed by atoms with van der Waals surface area (Å²) in [6, 6.07) is 9.70.